The highest BCUT2D eigenvalue weighted by Crippen LogP contribution is 2.36. The summed E-state index contributed by atoms with van der Waals surface area (Å²) in [6.45, 7) is 0. The number of fused-ring (bicyclic) bond motifs is 2. The fourth-order valence-corrected chi connectivity index (χ4v) is 3.82. The first kappa shape index (κ1) is 16.0. The molecule has 4 aromatic carbocycles. The molecule has 0 unspecified atom stereocenters. The predicted octanol–water partition coefficient (Wildman–Crippen LogP) is 6.77. The van der Waals surface area contributed by atoms with Gasteiger partial charge in [0.2, 0.25) is 5.28 Å². The number of halogens is 1. The Balaban J connectivity index is 1.84. The molecule has 5 aromatic rings. The maximum Gasteiger partial charge on any atom is 0.223 e. The Morgan fingerprint density at radius 3 is 1.96 bits per heavy atom. The highest BCUT2D eigenvalue weighted by atomic mass is 35.5. The van der Waals surface area contributed by atoms with E-state index in [4.69, 9.17) is 11.6 Å². The van der Waals surface area contributed by atoms with Crippen molar-refractivity contribution in [3.05, 3.63) is 96.3 Å². The van der Waals surface area contributed by atoms with Crippen LogP contribution in [0.5, 0.6) is 0 Å². The van der Waals surface area contributed by atoms with Crippen LogP contribution in [0.25, 0.3) is 44.1 Å². The van der Waals surface area contributed by atoms with E-state index in [-0.39, 0.29) is 5.28 Å². The molecule has 0 spiro atoms. The van der Waals surface area contributed by atoms with Crippen LogP contribution in [0.3, 0.4) is 0 Å². The van der Waals surface area contributed by atoms with Crippen LogP contribution in [0.15, 0.2) is 91.0 Å². The first-order valence-corrected chi connectivity index (χ1v) is 9.19. The molecule has 0 N–H and O–H groups in total. The molecule has 1 heterocycles. The van der Waals surface area contributed by atoms with Gasteiger partial charge in [-0.05, 0) is 39.6 Å². The van der Waals surface area contributed by atoms with Crippen molar-refractivity contribution in [3.63, 3.8) is 0 Å². The van der Waals surface area contributed by atoms with Crippen molar-refractivity contribution < 1.29 is 0 Å². The lowest BCUT2D eigenvalue weighted by molar-refractivity contribution is 1.23. The fourth-order valence-electron chi connectivity index (χ4n) is 3.64. The van der Waals surface area contributed by atoms with Crippen molar-refractivity contribution in [2.75, 3.05) is 0 Å². The number of hydrogen-bond acceptors (Lipinski definition) is 2. The molecule has 1 aromatic heterocycles. The quantitative estimate of drug-likeness (QED) is 0.322. The summed E-state index contributed by atoms with van der Waals surface area (Å²) in [7, 11) is 0. The van der Waals surface area contributed by atoms with E-state index in [1.165, 1.54) is 16.5 Å². The van der Waals surface area contributed by atoms with Gasteiger partial charge < -0.3 is 0 Å². The van der Waals surface area contributed by atoms with E-state index in [1.807, 2.05) is 30.3 Å². The van der Waals surface area contributed by atoms with Crippen LogP contribution in [0.1, 0.15) is 0 Å². The Morgan fingerprint density at radius 2 is 1.15 bits per heavy atom. The minimum atomic E-state index is 0.264. The normalized spacial score (nSPS) is 11.1. The monoisotopic (exact) mass is 366 g/mol. The number of nitrogens with zero attached hydrogens (tertiary/aromatic N) is 2. The van der Waals surface area contributed by atoms with E-state index < -0.39 is 0 Å². The summed E-state index contributed by atoms with van der Waals surface area (Å²) in [5.41, 5.74) is 5.18. The van der Waals surface area contributed by atoms with Gasteiger partial charge in [-0.15, -0.1) is 0 Å². The summed E-state index contributed by atoms with van der Waals surface area (Å²) >= 11 is 6.23. The summed E-state index contributed by atoms with van der Waals surface area (Å²) in [5, 5.41) is 3.61. The fraction of sp³-hybridized carbons (Fsp3) is 0. The van der Waals surface area contributed by atoms with Crippen molar-refractivity contribution in [2.45, 2.75) is 0 Å². The second-order valence-electron chi connectivity index (χ2n) is 6.43. The van der Waals surface area contributed by atoms with E-state index in [1.54, 1.807) is 0 Å². The second kappa shape index (κ2) is 6.49. The highest BCUT2D eigenvalue weighted by molar-refractivity contribution is 6.29. The molecule has 27 heavy (non-hydrogen) atoms. The molecule has 0 saturated carbocycles. The minimum absolute atomic E-state index is 0.264. The van der Waals surface area contributed by atoms with Gasteiger partial charge in [0, 0.05) is 10.9 Å². The van der Waals surface area contributed by atoms with Gasteiger partial charge >= 0.3 is 0 Å². The largest absolute Gasteiger partial charge is 0.223 e. The molecule has 0 aliphatic rings. The topological polar surface area (TPSA) is 25.8 Å². The molecular weight excluding hydrogens is 352 g/mol. The third-order valence-electron chi connectivity index (χ3n) is 4.84. The van der Waals surface area contributed by atoms with E-state index in [2.05, 4.69) is 70.6 Å². The standard InChI is InChI=1S/C24H15ClN2/c25-24-26-22-15-5-4-10-21(22)23(27-24)20-14-7-12-18-17(11-6-13-19(18)20)16-8-2-1-3-9-16/h1-15H. The SMILES string of the molecule is Clc1nc(-c2cccc3c(-c4ccccc4)cccc23)c2ccccc2n1. The molecule has 0 amide bonds. The van der Waals surface area contributed by atoms with Gasteiger partial charge in [0.05, 0.1) is 11.2 Å². The molecule has 5 rings (SSSR count). The van der Waals surface area contributed by atoms with Crippen molar-refractivity contribution in [1.29, 1.82) is 0 Å². The molecule has 0 aliphatic heterocycles. The van der Waals surface area contributed by atoms with Crippen LogP contribution in [-0.2, 0) is 0 Å². The molecular formula is C24H15ClN2. The van der Waals surface area contributed by atoms with Gasteiger partial charge in [0.25, 0.3) is 0 Å². The molecule has 0 saturated heterocycles. The van der Waals surface area contributed by atoms with Gasteiger partial charge in [0.15, 0.2) is 0 Å². The molecule has 0 aliphatic carbocycles. The van der Waals surface area contributed by atoms with Crippen LogP contribution in [0, 0.1) is 0 Å². The minimum Gasteiger partial charge on any atom is -0.218 e. The zero-order chi connectivity index (χ0) is 18.2. The lowest BCUT2D eigenvalue weighted by atomic mass is 9.93. The van der Waals surface area contributed by atoms with Crippen LogP contribution in [-0.4, -0.2) is 9.97 Å². The van der Waals surface area contributed by atoms with E-state index in [0.29, 0.717) is 0 Å². The lowest BCUT2D eigenvalue weighted by Crippen LogP contribution is -1.92. The Morgan fingerprint density at radius 1 is 0.519 bits per heavy atom. The summed E-state index contributed by atoms with van der Waals surface area (Å²) in [6, 6.07) is 31.2. The zero-order valence-corrected chi connectivity index (χ0v) is 15.2. The molecule has 3 heteroatoms. The third kappa shape index (κ3) is 2.75. The second-order valence-corrected chi connectivity index (χ2v) is 6.77. The van der Waals surface area contributed by atoms with Crippen molar-refractivity contribution >= 4 is 33.3 Å². The molecule has 0 bridgehead atoms. The van der Waals surface area contributed by atoms with Crippen molar-refractivity contribution in [2.24, 2.45) is 0 Å². The number of aromatic nitrogens is 2. The number of benzene rings is 4. The average molecular weight is 367 g/mol. The van der Waals surface area contributed by atoms with Crippen LogP contribution in [0.4, 0.5) is 0 Å². The van der Waals surface area contributed by atoms with Gasteiger partial charge in [0.1, 0.15) is 0 Å². The third-order valence-corrected chi connectivity index (χ3v) is 5.01. The first-order valence-electron chi connectivity index (χ1n) is 8.81. The summed E-state index contributed by atoms with van der Waals surface area (Å²) in [6.07, 6.45) is 0. The lowest BCUT2D eigenvalue weighted by Gasteiger charge is -2.12. The van der Waals surface area contributed by atoms with E-state index >= 15 is 0 Å². The number of hydrogen-bond donors (Lipinski definition) is 0. The summed E-state index contributed by atoms with van der Waals surface area (Å²) in [5.74, 6) is 0. The average Bonchev–Trinajstić information content (AvgIpc) is 2.73. The van der Waals surface area contributed by atoms with Crippen LogP contribution >= 0.6 is 11.6 Å². The summed E-state index contributed by atoms with van der Waals surface area (Å²) < 4.78 is 0. The van der Waals surface area contributed by atoms with Crippen LogP contribution < -0.4 is 0 Å². The van der Waals surface area contributed by atoms with Crippen molar-refractivity contribution in [3.8, 4) is 22.4 Å². The number of rotatable bonds is 2. The van der Waals surface area contributed by atoms with Gasteiger partial charge in [-0.3, -0.25) is 0 Å². The van der Waals surface area contributed by atoms with Gasteiger partial charge in [-0.2, -0.15) is 0 Å². The molecule has 0 atom stereocenters. The highest BCUT2D eigenvalue weighted by Gasteiger charge is 2.13. The van der Waals surface area contributed by atoms with Gasteiger partial charge in [-0.1, -0.05) is 84.9 Å². The van der Waals surface area contributed by atoms with Crippen molar-refractivity contribution in [1.82, 2.24) is 9.97 Å². The molecule has 0 fully saturated rings. The summed E-state index contributed by atoms with van der Waals surface area (Å²) in [4.78, 5) is 8.94. The first-order chi connectivity index (χ1) is 13.3. The Labute approximate surface area is 162 Å². The Kier molecular flexibility index (Phi) is 3.84. The smallest absolute Gasteiger partial charge is 0.218 e. The van der Waals surface area contributed by atoms with E-state index in [9.17, 15) is 0 Å². The van der Waals surface area contributed by atoms with Crippen LogP contribution in [0.2, 0.25) is 5.28 Å². The molecule has 128 valence electrons. The molecule has 0 radical (unpaired) electrons. The Hall–Kier alpha value is -3.23. The maximum absolute atomic E-state index is 6.23. The molecule has 2 nitrogen and oxygen atoms in total. The zero-order valence-electron chi connectivity index (χ0n) is 14.4. The maximum atomic E-state index is 6.23. The predicted molar refractivity (Wildman–Crippen MR) is 113 cm³/mol. The Bertz CT molecular complexity index is 1280. The van der Waals surface area contributed by atoms with Gasteiger partial charge in [-0.25, -0.2) is 9.97 Å². The number of para-hydroxylation sites is 1. The van der Waals surface area contributed by atoms with E-state index in [0.717, 1.165) is 27.5 Å².